The van der Waals surface area contributed by atoms with Crippen molar-refractivity contribution in [3.63, 3.8) is 0 Å². The van der Waals surface area contributed by atoms with Crippen molar-refractivity contribution in [3.8, 4) is 0 Å². The summed E-state index contributed by atoms with van der Waals surface area (Å²) in [6, 6.07) is 3.88. The monoisotopic (exact) mass is 329 g/mol. The quantitative estimate of drug-likeness (QED) is 0.896. The van der Waals surface area contributed by atoms with Crippen molar-refractivity contribution in [2.75, 3.05) is 13.1 Å². The molecule has 128 valence electrons. The van der Waals surface area contributed by atoms with Crippen LogP contribution in [-0.4, -0.2) is 38.7 Å². The lowest BCUT2D eigenvalue weighted by molar-refractivity contribution is -0.127. The Labute approximate surface area is 141 Å². The van der Waals surface area contributed by atoms with E-state index in [9.17, 15) is 4.79 Å². The van der Waals surface area contributed by atoms with Crippen molar-refractivity contribution in [1.29, 1.82) is 0 Å². The average Bonchev–Trinajstić information content (AvgIpc) is 3.31. The minimum Gasteiger partial charge on any atom is -0.468 e. The van der Waals surface area contributed by atoms with Crippen LogP contribution in [0.1, 0.15) is 36.7 Å². The van der Waals surface area contributed by atoms with Crippen LogP contribution >= 0.6 is 0 Å². The molecule has 2 aliphatic rings. The van der Waals surface area contributed by atoms with Gasteiger partial charge in [-0.25, -0.2) is 0 Å². The van der Waals surface area contributed by atoms with E-state index in [1.165, 1.54) is 0 Å². The van der Waals surface area contributed by atoms with Crippen LogP contribution in [0.3, 0.4) is 0 Å². The lowest BCUT2D eigenvalue weighted by atomic mass is 9.97. The summed E-state index contributed by atoms with van der Waals surface area (Å²) < 4.78 is 7.54. The summed E-state index contributed by atoms with van der Waals surface area (Å²) >= 11 is 0. The summed E-state index contributed by atoms with van der Waals surface area (Å²) in [5.41, 5.74) is 0. The van der Waals surface area contributed by atoms with E-state index in [2.05, 4.69) is 25.0 Å². The molecule has 24 heavy (non-hydrogen) atoms. The van der Waals surface area contributed by atoms with Gasteiger partial charge >= 0.3 is 0 Å². The Balaban J connectivity index is 1.30. The van der Waals surface area contributed by atoms with Gasteiger partial charge in [-0.2, -0.15) is 0 Å². The molecule has 4 rings (SSSR count). The van der Waals surface area contributed by atoms with Crippen molar-refractivity contribution in [2.24, 2.45) is 5.92 Å². The lowest BCUT2D eigenvalue weighted by Crippen LogP contribution is -2.42. The van der Waals surface area contributed by atoms with Crippen LogP contribution in [-0.2, 0) is 30.8 Å². The predicted octanol–water partition coefficient (Wildman–Crippen LogP) is 1.35. The first-order valence-electron chi connectivity index (χ1n) is 8.73. The average molecular weight is 329 g/mol. The third-order valence-electron chi connectivity index (χ3n) is 4.94. The van der Waals surface area contributed by atoms with Crippen molar-refractivity contribution >= 4 is 5.91 Å². The van der Waals surface area contributed by atoms with Crippen LogP contribution in [0.4, 0.5) is 0 Å². The Morgan fingerprint density at radius 3 is 3.17 bits per heavy atom. The number of hydrogen-bond donors (Lipinski definition) is 1. The number of aromatic nitrogens is 3. The number of fused-ring (bicyclic) bond motifs is 1. The molecule has 0 saturated carbocycles. The minimum absolute atomic E-state index is 0.0367. The first kappa shape index (κ1) is 15.4. The molecule has 1 saturated heterocycles. The number of rotatable bonds is 5. The molecule has 4 heterocycles. The second kappa shape index (κ2) is 6.76. The third kappa shape index (κ3) is 3.21. The van der Waals surface area contributed by atoms with Gasteiger partial charge in [-0.3, -0.25) is 9.69 Å². The van der Waals surface area contributed by atoms with E-state index < -0.39 is 0 Å². The van der Waals surface area contributed by atoms with Gasteiger partial charge in [0, 0.05) is 19.5 Å². The smallest absolute Gasteiger partial charge is 0.224 e. The van der Waals surface area contributed by atoms with E-state index in [4.69, 9.17) is 4.42 Å². The fourth-order valence-corrected chi connectivity index (χ4v) is 3.69. The SMILES string of the molecule is O=C(NCc1nnc2n1CCC2)C1CCCN(Cc2ccco2)C1. The highest BCUT2D eigenvalue weighted by Gasteiger charge is 2.26. The molecule has 2 aliphatic heterocycles. The van der Waals surface area contributed by atoms with Crippen LogP contribution < -0.4 is 5.32 Å². The summed E-state index contributed by atoms with van der Waals surface area (Å²) in [6.07, 6.45) is 5.79. The van der Waals surface area contributed by atoms with Crippen LogP contribution in [0.15, 0.2) is 22.8 Å². The van der Waals surface area contributed by atoms with Gasteiger partial charge in [0.1, 0.15) is 11.6 Å². The standard InChI is InChI=1S/C17H23N5O2/c23-17(18-10-16-20-19-15-6-2-8-22(15)16)13-4-1-7-21(11-13)12-14-5-3-9-24-14/h3,5,9,13H,1-2,4,6-8,10-12H2,(H,18,23). The number of carbonyl (C=O) groups is 1. The summed E-state index contributed by atoms with van der Waals surface area (Å²) in [7, 11) is 0. The Hall–Kier alpha value is -2.15. The van der Waals surface area contributed by atoms with E-state index >= 15 is 0 Å². The van der Waals surface area contributed by atoms with Crippen molar-refractivity contribution in [3.05, 3.63) is 35.8 Å². The molecule has 1 atom stereocenters. The molecular formula is C17H23N5O2. The summed E-state index contributed by atoms with van der Waals surface area (Å²) in [6.45, 7) is 4.01. The second-order valence-corrected chi connectivity index (χ2v) is 6.66. The summed E-state index contributed by atoms with van der Waals surface area (Å²) in [5, 5.41) is 11.4. The first-order chi connectivity index (χ1) is 11.8. The van der Waals surface area contributed by atoms with Gasteiger partial charge in [0.25, 0.3) is 0 Å². The second-order valence-electron chi connectivity index (χ2n) is 6.66. The van der Waals surface area contributed by atoms with Gasteiger partial charge in [-0.1, -0.05) is 0 Å². The minimum atomic E-state index is 0.0367. The molecule has 2 aromatic rings. The Morgan fingerprint density at radius 2 is 2.29 bits per heavy atom. The topological polar surface area (TPSA) is 76.2 Å². The molecule has 0 radical (unpaired) electrons. The fraction of sp³-hybridized carbons (Fsp3) is 0.588. The number of aryl methyl sites for hydroxylation is 1. The van der Waals surface area contributed by atoms with Gasteiger partial charge in [-0.15, -0.1) is 10.2 Å². The molecule has 1 amide bonds. The number of carbonyl (C=O) groups excluding carboxylic acids is 1. The maximum Gasteiger partial charge on any atom is 0.224 e. The normalized spacial score (nSPS) is 20.9. The maximum absolute atomic E-state index is 12.5. The van der Waals surface area contributed by atoms with Crippen LogP contribution in [0.5, 0.6) is 0 Å². The van der Waals surface area contributed by atoms with E-state index in [0.717, 1.165) is 69.3 Å². The van der Waals surface area contributed by atoms with Crippen LogP contribution in [0.25, 0.3) is 0 Å². The molecular weight excluding hydrogens is 306 g/mol. The fourth-order valence-electron chi connectivity index (χ4n) is 3.69. The molecule has 1 fully saturated rings. The van der Waals surface area contributed by atoms with Crippen LogP contribution in [0, 0.1) is 5.92 Å². The summed E-state index contributed by atoms with van der Waals surface area (Å²) in [4.78, 5) is 14.8. The molecule has 2 aromatic heterocycles. The third-order valence-corrected chi connectivity index (χ3v) is 4.94. The van der Waals surface area contributed by atoms with E-state index in [1.807, 2.05) is 12.1 Å². The number of nitrogens with zero attached hydrogens (tertiary/aromatic N) is 4. The number of hydrogen-bond acceptors (Lipinski definition) is 5. The van der Waals surface area contributed by atoms with Crippen molar-refractivity contribution in [1.82, 2.24) is 25.0 Å². The Bertz CT molecular complexity index is 694. The van der Waals surface area contributed by atoms with Crippen molar-refractivity contribution < 1.29 is 9.21 Å². The number of nitrogens with one attached hydrogen (secondary N) is 1. The van der Waals surface area contributed by atoms with Gasteiger partial charge in [-0.05, 0) is 37.9 Å². The largest absolute Gasteiger partial charge is 0.468 e. The van der Waals surface area contributed by atoms with E-state index in [0.29, 0.717) is 6.54 Å². The zero-order valence-electron chi connectivity index (χ0n) is 13.8. The molecule has 1 unspecified atom stereocenters. The van der Waals surface area contributed by atoms with Gasteiger partial charge in [0.2, 0.25) is 5.91 Å². The lowest BCUT2D eigenvalue weighted by Gasteiger charge is -2.31. The number of likely N-dealkylation sites (tertiary alicyclic amines) is 1. The highest BCUT2D eigenvalue weighted by Crippen LogP contribution is 2.19. The van der Waals surface area contributed by atoms with E-state index in [1.54, 1.807) is 6.26 Å². The van der Waals surface area contributed by atoms with Gasteiger partial charge in [0.15, 0.2) is 5.82 Å². The first-order valence-corrected chi connectivity index (χ1v) is 8.73. The van der Waals surface area contributed by atoms with Gasteiger partial charge < -0.3 is 14.3 Å². The Kier molecular flexibility index (Phi) is 4.34. The molecule has 0 aliphatic carbocycles. The van der Waals surface area contributed by atoms with Crippen molar-refractivity contribution in [2.45, 2.75) is 45.3 Å². The number of amides is 1. The van der Waals surface area contributed by atoms with E-state index in [-0.39, 0.29) is 11.8 Å². The highest BCUT2D eigenvalue weighted by atomic mass is 16.3. The predicted molar refractivity (Wildman–Crippen MR) is 86.9 cm³/mol. The zero-order chi connectivity index (χ0) is 16.4. The molecule has 1 N–H and O–H groups in total. The molecule has 0 bridgehead atoms. The zero-order valence-corrected chi connectivity index (χ0v) is 13.8. The Morgan fingerprint density at radius 1 is 1.33 bits per heavy atom. The molecule has 0 spiro atoms. The maximum atomic E-state index is 12.5. The summed E-state index contributed by atoms with van der Waals surface area (Å²) in [5.74, 6) is 3.03. The number of piperidine rings is 1. The van der Waals surface area contributed by atoms with Crippen LogP contribution in [0.2, 0.25) is 0 Å². The molecule has 7 heteroatoms. The molecule has 7 nitrogen and oxygen atoms in total. The number of furan rings is 1. The molecule has 0 aromatic carbocycles. The van der Waals surface area contributed by atoms with Gasteiger partial charge in [0.05, 0.1) is 25.3 Å². The highest BCUT2D eigenvalue weighted by molar-refractivity contribution is 5.78.